The highest BCUT2D eigenvalue weighted by atomic mass is 16.3. The summed E-state index contributed by atoms with van der Waals surface area (Å²) in [4.78, 5) is 0. The van der Waals surface area contributed by atoms with Crippen LogP contribution in [0.25, 0.3) is 0 Å². The molecule has 0 radical (unpaired) electrons. The van der Waals surface area contributed by atoms with Crippen LogP contribution in [0.15, 0.2) is 24.3 Å². The highest BCUT2D eigenvalue weighted by molar-refractivity contribution is 5.17. The first kappa shape index (κ1) is 9.49. The molecule has 2 N–H and O–H groups in total. The van der Waals surface area contributed by atoms with E-state index in [1.165, 1.54) is 0 Å². The van der Waals surface area contributed by atoms with Crippen molar-refractivity contribution in [3.8, 4) is 0 Å². The standard InChI is InChI=1S/C10H16O2/c1-3-4-5-8-7(2)9(11)6-10(8)12/h3-4,8-12H,2,5-6H2,1H3/b4-3-. The molecular weight excluding hydrogens is 152 g/mol. The van der Waals surface area contributed by atoms with E-state index in [1.54, 1.807) is 0 Å². The fourth-order valence-electron chi connectivity index (χ4n) is 1.63. The van der Waals surface area contributed by atoms with Gasteiger partial charge in [-0.05, 0) is 18.9 Å². The molecule has 68 valence electrons. The molecule has 1 fully saturated rings. The van der Waals surface area contributed by atoms with Crippen LogP contribution in [0.5, 0.6) is 0 Å². The molecule has 1 aliphatic rings. The van der Waals surface area contributed by atoms with Crippen molar-refractivity contribution >= 4 is 0 Å². The van der Waals surface area contributed by atoms with E-state index in [1.807, 2.05) is 19.1 Å². The molecule has 0 aromatic heterocycles. The van der Waals surface area contributed by atoms with E-state index in [9.17, 15) is 10.2 Å². The summed E-state index contributed by atoms with van der Waals surface area (Å²) >= 11 is 0. The number of hydrogen-bond acceptors (Lipinski definition) is 2. The van der Waals surface area contributed by atoms with Gasteiger partial charge < -0.3 is 10.2 Å². The summed E-state index contributed by atoms with van der Waals surface area (Å²) in [6.07, 6.45) is 4.26. The predicted octanol–water partition coefficient (Wildman–Crippen LogP) is 1.25. The molecule has 1 rings (SSSR count). The smallest absolute Gasteiger partial charge is 0.0776 e. The van der Waals surface area contributed by atoms with Crippen LogP contribution in [-0.2, 0) is 0 Å². The van der Waals surface area contributed by atoms with E-state index in [2.05, 4.69) is 6.58 Å². The quantitative estimate of drug-likeness (QED) is 0.609. The van der Waals surface area contributed by atoms with Gasteiger partial charge >= 0.3 is 0 Å². The van der Waals surface area contributed by atoms with Gasteiger partial charge in [0.15, 0.2) is 0 Å². The molecule has 0 bridgehead atoms. The molecule has 2 heteroatoms. The lowest BCUT2D eigenvalue weighted by molar-refractivity contribution is 0.120. The first-order valence-corrected chi connectivity index (χ1v) is 4.32. The van der Waals surface area contributed by atoms with E-state index in [0.29, 0.717) is 6.42 Å². The monoisotopic (exact) mass is 168 g/mol. The molecule has 1 aliphatic carbocycles. The van der Waals surface area contributed by atoms with Crippen molar-refractivity contribution in [3.05, 3.63) is 24.3 Å². The molecule has 0 aromatic carbocycles. The zero-order valence-electron chi connectivity index (χ0n) is 7.40. The SMILES string of the molecule is C=C1C(O)CC(O)C1C/C=C\C. The van der Waals surface area contributed by atoms with E-state index >= 15 is 0 Å². The second kappa shape index (κ2) is 3.87. The van der Waals surface area contributed by atoms with Gasteiger partial charge in [-0.25, -0.2) is 0 Å². The summed E-state index contributed by atoms with van der Waals surface area (Å²) in [5.41, 5.74) is 0.778. The molecule has 0 amide bonds. The van der Waals surface area contributed by atoms with E-state index in [4.69, 9.17) is 0 Å². The number of aliphatic hydroxyl groups is 2. The van der Waals surface area contributed by atoms with Crippen LogP contribution in [0, 0.1) is 5.92 Å². The molecule has 0 aliphatic heterocycles. The van der Waals surface area contributed by atoms with E-state index in [0.717, 1.165) is 12.0 Å². The molecule has 12 heavy (non-hydrogen) atoms. The van der Waals surface area contributed by atoms with Gasteiger partial charge in [-0.1, -0.05) is 18.7 Å². The lowest BCUT2D eigenvalue weighted by Crippen LogP contribution is -2.12. The first-order chi connectivity index (χ1) is 5.66. The van der Waals surface area contributed by atoms with Crippen LogP contribution >= 0.6 is 0 Å². The summed E-state index contributed by atoms with van der Waals surface area (Å²) in [5.74, 6) is 0.0520. The van der Waals surface area contributed by atoms with Gasteiger partial charge in [0.25, 0.3) is 0 Å². The number of rotatable bonds is 2. The van der Waals surface area contributed by atoms with Crippen molar-refractivity contribution in [1.29, 1.82) is 0 Å². The van der Waals surface area contributed by atoms with Crippen molar-refractivity contribution in [1.82, 2.24) is 0 Å². The number of hydrogen-bond donors (Lipinski definition) is 2. The highest BCUT2D eigenvalue weighted by Gasteiger charge is 2.34. The van der Waals surface area contributed by atoms with Gasteiger partial charge in [0.05, 0.1) is 12.2 Å². The fourth-order valence-corrected chi connectivity index (χ4v) is 1.63. The van der Waals surface area contributed by atoms with Crippen LogP contribution in [0.1, 0.15) is 19.8 Å². The van der Waals surface area contributed by atoms with Crippen molar-refractivity contribution in [2.24, 2.45) is 5.92 Å². The third-order valence-corrected chi connectivity index (χ3v) is 2.46. The molecular formula is C10H16O2. The molecule has 0 heterocycles. The van der Waals surface area contributed by atoms with Gasteiger partial charge in [-0.15, -0.1) is 0 Å². The molecule has 2 nitrogen and oxygen atoms in total. The minimum absolute atomic E-state index is 0.0520. The first-order valence-electron chi connectivity index (χ1n) is 4.32. The zero-order chi connectivity index (χ0) is 9.14. The number of allylic oxidation sites excluding steroid dienone is 2. The van der Waals surface area contributed by atoms with Crippen molar-refractivity contribution < 1.29 is 10.2 Å². The van der Waals surface area contributed by atoms with Crippen molar-refractivity contribution in [3.63, 3.8) is 0 Å². The Morgan fingerprint density at radius 1 is 1.58 bits per heavy atom. The second-order valence-corrected chi connectivity index (χ2v) is 3.30. The Bertz CT molecular complexity index is 196. The van der Waals surface area contributed by atoms with Crippen molar-refractivity contribution in [2.75, 3.05) is 0 Å². The summed E-state index contributed by atoms with van der Waals surface area (Å²) in [5, 5.41) is 18.9. The Kier molecular flexibility index (Phi) is 3.06. The molecule has 3 atom stereocenters. The molecule has 3 unspecified atom stereocenters. The largest absolute Gasteiger partial charge is 0.392 e. The van der Waals surface area contributed by atoms with Crippen molar-refractivity contribution in [2.45, 2.75) is 32.0 Å². The normalized spacial score (nSPS) is 36.6. The predicted molar refractivity (Wildman–Crippen MR) is 48.7 cm³/mol. The van der Waals surface area contributed by atoms with Crippen LogP contribution in [0.3, 0.4) is 0 Å². The lowest BCUT2D eigenvalue weighted by atomic mass is 9.98. The molecule has 0 spiro atoms. The van der Waals surface area contributed by atoms with Gasteiger partial charge in [0.1, 0.15) is 0 Å². The average molecular weight is 168 g/mol. The Balaban J connectivity index is 2.57. The lowest BCUT2D eigenvalue weighted by Gasteiger charge is -2.12. The molecule has 1 saturated carbocycles. The van der Waals surface area contributed by atoms with Gasteiger partial charge in [0, 0.05) is 12.3 Å². The maximum atomic E-state index is 9.50. The Hall–Kier alpha value is -0.600. The maximum absolute atomic E-state index is 9.50. The minimum Gasteiger partial charge on any atom is -0.392 e. The van der Waals surface area contributed by atoms with E-state index < -0.39 is 12.2 Å². The summed E-state index contributed by atoms with van der Waals surface area (Å²) in [6, 6.07) is 0. The van der Waals surface area contributed by atoms with Gasteiger partial charge in [-0.2, -0.15) is 0 Å². The number of aliphatic hydroxyl groups excluding tert-OH is 2. The molecule has 0 saturated heterocycles. The van der Waals surface area contributed by atoms with Crippen LogP contribution in [-0.4, -0.2) is 22.4 Å². The third-order valence-electron chi connectivity index (χ3n) is 2.46. The molecule has 0 aromatic rings. The summed E-state index contributed by atoms with van der Waals surface area (Å²) in [6.45, 7) is 5.72. The maximum Gasteiger partial charge on any atom is 0.0776 e. The fraction of sp³-hybridized carbons (Fsp3) is 0.600. The Labute approximate surface area is 73.2 Å². The topological polar surface area (TPSA) is 40.5 Å². The third kappa shape index (κ3) is 1.76. The summed E-state index contributed by atoms with van der Waals surface area (Å²) in [7, 11) is 0. The Morgan fingerprint density at radius 2 is 2.25 bits per heavy atom. The van der Waals surface area contributed by atoms with Crippen LogP contribution in [0.4, 0.5) is 0 Å². The van der Waals surface area contributed by atoms with Crippen LogP contribution < -0.4 is 0 Å². The highest BCUT2D eigenvalue weighted by Crippen LogP contribution is 2.33. The Morgan fingerprint density at radius 3 is 2.67 bits per heavy atom. The van der Waals surface area contributed by atoms with Gasteiger partial charge in [0.2, 0.25) is 0 Å². The summed E-state index contributed by atoms with van der Waals surface area (Å²) < 4.78 is 0. The second-order valence-electron chi connectivity index (χ2n) is 3.30. The van der Waals surface area contributed by atoms with E-state index in [-0.39, 0.29) is 5.92 Å². The minimum atomic E-state index is -0.504. The van der Waals surface area contributed by atoms with Crippen LogP contribution in [0.2, 0.25) is 0 Å². The average Bonchev–Trinajstić information content (AvgIpc) is 2.25. The van der Waals surface area contributed by atoms with Gasteiger partial charge in [-0.3, -0.25) is 0 Å². The zero-order valence-corrected chi connectivity index (χ0v) is 7.40.